The first kappa shape index (κ1) is 26.2. The minimum Gasteiger partial charge on any atom is -0.261 e. The third-order valence-corrected chi connectivity index (χ3v) is 7.06. The molecule has 3 aromatic carbocycles. The Balaban J connectivity index is 1.37. The van der Waals surface area contributed by atoms with Gasteiger partial charge < -0.3 is 0 Å². The van der Waals surface area contributed by atoms with Crippen molar-refractivity contribution in [2.45, 2.75) is 64.7 Å². The van der Waals surface area contributed by atoms with Crippen LogP contribution in [0.15, 0.2) is 60.8 Å². The molecule has 0 N–H and O–H groups in total. The van der Waals surface area contributed by atoms with Gasteiger partial charge in [0.1, 0.15) is 22.5 Å². The molecule has 0 fully saturated rings. The standard InChI is InChI=1S/C31H31ClF3N/c1-2-3-4-5-6-22-9-15-26(36-20-22)14-8-21-10-16-27-25(17-21)13-12-24(31(27)35)11-7-23-18-28(33)30(32)29(34)19-23/h9-10,12-13,15-20H,2-8,11,14H2,1H3. The Morgan fingerprint density at radius 1 is 0.694 bits per heavy atom. The van der Waals surface area contributed by atoms with Crippen molar-refractivity contribution in [3.63, 3.8) is 0 Å². The Bertz CT molecular complexity index is 1290. The topological polar surface area (TPSA) is 12.9 Å². The minimum atomic E-state index is -0.799. The Morgan fingerprint density at radius 3 is 2.17 bits per heavy atom. The molecule has 1 aromatic heterocycles. The minimum absolute atomic E-state index is 0.287. The monoisotopic (exact) mass is 509 g/mol. The van der Waals surface area contributed by atoms with Crippen LogP contribution in [0.3, 0.4) is 0 Å². The molecule has 4 rings (SSSR count). The summed E-state index contributed by atoms with van der Waals surface area (Å²) in [6.07, 6.45) is 10.4. The summed E-state index contributed by atoms with van der Waals surface area (Å²) in [6, 6.07) is 16.2. The van der Waals surface area contributed by atoms with Crippen LogP contribution in [0.4, 0.5) is 13.2 Å². The number of rotatable bonds is 11. The van der Waals surface area contributed by atoms with Crippen molar-refractivity contribution in [3.8, 4) is 0 Å². The van der Waals surface area contributed by atoms with E-state index in [9.17, 15) is 8.78 Å². The number of pyridine rings is 1. The summed E-state index contributed by atoms with van der Waals surface area (Å²) in [7, 11) is 0. The first-order valence-electron chi connectivity index (χ1n) is 12.7. The van der Waals surface area contributed by atoms with Gasteiger partial charge in [-0.05, 0) is 84.4 Å². The second kappa shape index (κ2) is 12.4. The lowest BCUT2D eigenvalue weighted by atomic mass is 9.97. The third-order valence-electron chi connectivity index (χ3n) is 6.70. The lowest BCUT2D eigenvalue weighted by Gasteiger charge is -2.10. The summed E-state index contributed by atoms with van der Waals surface area (Å²) in [5, 5.41) is 0.875. The van der Waals surface area contributed by atoms with Crippen LogP contribution in [0.2, 0.25) is 5.02 Å². The fourth-order valence-electron chi connectivity index (χ4n) is 4.55. The zero-order valence-corrected chi connectivity index (χ0v) is 21.4. The van der Waals surface area contributed by atoms with E-state index in [-0.39, 0.29) is 5.82 Å². The third kappa shape index (κ3) is 6.67. The quantitative estimate of drug-likeness (QED) is 0.145. The average molecular weight is 510 g/mol. The van der Waals surface area contributed by atoms with Crippen LogP contribution in [0, 0.1) is 17.5 Å². The van der Waals surface area contributed by atoms with E-state index in [1.54, 1.807) is 6.07 Å². The highest BCUT2D eigenvalue weighted by atomic mass is 35.5. The molecule has 0 spiro atoms. The van der Waals surface area contributed by atoms with Gasteiger partial charge in [-0.2, -0.15) is 0 Å². The highest BCUT2D eigenvalue weighted by Gasteiger charge is 2.12. The summed E-state index contributed by atoms with van der Waals surface area (Å²) in [4.78, 5) is 4.63. The fraction of sp³-hybridized carbons (Fsp3) is 0.323. The zero-order chi connectivity index (χ0) is 25.5. The lowest BCUT2D eigenvalue weighted by Crippen LogP contribution is -1.99. The normalized spacial score (nSPS) is 11.4. The summed E-state index contributed by atoms with van der Waals surface area (Å²) in [6.45, 7) is 2.22. The van der Waals surface area contributed by atoms with Crippen molar-refractivity contribution < 1.29 is 13.2 Å². The molecular formula is C31H31ClF3N. The van der Waals surface area contributed by atoms with Crippen LogP contribution in [-0.4, -0.2) is 4.98 Å². The number of nitrogens with zero attached hydrogens (tertiary/aromatic N) is 1. The first-order valence-corrected chi connectivity index (χ1v) is 13.1. The largest absolute Gasteiger partial charge is 0.261 e. The number of hydrogen-bond acceptors (Lipinski definition) is 1. The summed E-state index contributed by atoms with van der Waals surface area (Å²) >= 11 is 5.55. The van der Waals surface area contributed by atoms with E-state index < -0.39 is 16.7 Å². The molecule has 1 nitrogen and oxygen atoms in total. The van der Waals surface area contributed by atoms with E-state index in [1.807, 2.05) is 30.5 Å². The maximum Gasteiger partial charge on any atom is 0.145 e. The van der Waals surface area contributed by atoms with Crippen molar-refractivity contribution in [2.75, 3.05) is 0 Å². The van der Waals surface area contributed by atoms with Gasteiger partial charge >= 0.3 is 0 Å². The van der Waals surface area contributed by atoms with Crippen molar-refractivity contribution in [2.24, 2.45) is 0 Å². The van der Waals surface area contributed by atoms with E-state index in [2.05, 4.69) is 24.0 Å². The fourth-order valence-corrected chi connectivity index (χ4v) is 4.65. The Labute approximate surface area is 216 Å². The van der Waals surface area contributed by atoms with Crippen LogP contribution < -0.4 is 0 Å². The van der Waals surface area contributed by atoms with Crippen LogP contribution in [0.5, 0.6) is 0 Å². The van der Waals surface area contributed by atoms with Crippen molar-refractivity contribution >= 4 is 22.4 Å². The Hall–Kier alpha value is -2.85. The Kier molecular flexibility index (Phi) is 9.03. The molecule has 36 heavy (non-hydrogen) atoms. The van der Waals surface area contributed by atoms with Gasteiger partial charge in [0.05, 0.1) is 0 Å². The molecule has 0 saturated heterocycles. The molecule has 188 valence electrons. The van der Waals surface area contributed by atoms with E-state index in [0.717, 1.165) is 35.9 Å². The van der Waals surface area contributed by atoms with Gasteiger partial charge in [0.15, 0.2) is 0 Å². The first-order chi connectivity index (χ1) is 17.4. The molecule has 0 radical (unpaired) electrons. The molecule has 0 amide bonds. The summed E-state index contributed by atoms with van der Waals surface area (Å²) < 4.78 is 42.6. The number of hydrogen-bond donors (Lipinski definition) is 0. The lowest BCUT2D eigenvalue weighted by molar-refractivity contribution is 0.579. The van der Waals surface area contributed by atoms with Crippen LogP contribution in [0.1, 0.15) is 60.6 Å². The van der Waals surface area contributed by atoms with E-state index in [4.69, 9.17) is 11.6 Å². The molecule has 5 heteroatoms. The maximum atomic E-state index is 15.2. The van der Waals surface area contributed by atoms with Gasteiger partial charge in [-0.3, -0.25) is 4.98 Å². The molecular weight excluding hydrogens is 479 g/mol. The smallest absolute Gasteiger partial charge is 0.145 e. The van der Waals surface area contributed by atoms with Gasteiger partial charge in [-0.1, -0.05) is 74.2 Å². The van der Waals surface area contributed by atoms with Crippen molar-refractivity contribution in [1.82, 2.24) is 4.98 Å². The number of halogens is 4. The van der Waals surface area contributed by atoms with Crippen molar-refractivity contribution in [3.05, 3.63) is 111 Å². The molecule has 4 aromatic rings. The molecule has 0 aliphatic carbocycles. The number of benzene rings is 3. The Morgan fingerprint density at radius 2 is 1.44 bits per heavy atom. The van der Waals surface area contributed by atoms with E-state index in [0.29, 0.717) is 29.4 Å². The molecule has 0 bridgehead atoms. The van der Waals surface area contributed by atoms with E-state index >= 15 is 4.39 Å². The van der Waals surface area contributed by atoms with Gasteiger partial charge in [-0.25, -0.2) is 13.2 Å². The predicted octanol–water partition coefficient (Wildman–Crippen LogP) is 9.00. The predicted molar refractivity (Wildman–Crippen MR) is 142 cm³/mol. The molecule has 0 saturated carbocycles. The maximum absolute atomic E-state index is 15.2. The molecule has 0 atom stereocenters. The van der Waals surface area contributed by atoms with Crippen LogP contribution in [-0.2, 0) is 32.1 Å². The van der Waals surface area contributed by atoms with E-state index in [1.165, 1.54) is 43.4 Å². The molecule has 0 aliphatic rings. The highest BCUT2D eigenvalue weighted by molar-refractivity contribution is 6.30. The highest BCUT2D eigenvalue weighted by Crippen LogP contribution is 2.26. The van der Waals surface area contributed by atoms with Gasteiger partial charge in [0.2, 0.25) is 0 Å². The second-order valence-electron chi connectivity index (χ2n) is 9.44. The number of aromatic nitrogens is 1. The SMILES string of the molecule is CCCCCCc1ccc(CCc2ccc3c(F)c(CCc4cc(F)c(Cl)c(F)c4)ccc3c2)nc1. The van der Waals surface area contributed by atoms with Crippen molar-refractivity contribution in [1.29, 1.82) is 0 Å². The van der Waals surface area contributed by atoms with Gasteiger partial charge in [-0.15, -0.1) is 0 Å². The number of fused-ring (bicyclic) bond motifs is 1. The van der Waals surface area contributed by atoms with Gasteiger partial charge in [0.25, 0.3) is 0 Å². The second-order valence-corrected chi connectivity index (χ2v) is 9.81. The van der Waals surface area contributed by atoms with Crippen LogP contribution >= 0.6 is 11.6 Å². The summed E-state index contributed by atoms with van der Waals surface area (Å²) in [5.74, 6) is -1.89. The number of aryl methyl sites for hydroxylation is 5. The summed E-state index contributed by atoms with van der Waals surface area (Å²) in [5.41, 5.74) is 4.45. The molecule has 0 aliphatic heterocycles. The molecule has 1 heterocycles. The number of unbranched alkanes of at least 4 members (excludes halogenated alkanes) is 3. The molecule has 0 unspecified atom stereocenters. The van der Waals surface area contributed by atoms with Crippen LogP contribution in [0.25, 0.3) is 10.8 Å². The zero-order valence-electron chi connectivity index (χ0n) is 20.6. The average Bonchev–Trinajstić information content (AvgIpc) is 2.88. The van der Waals surface area contributed by atoms with Gasteiger partial charge in [0, 0.05) is 17.3 Å².